The molecule has 0 bridgehead atoms. The van der Waals surface area contributed by atoms with Crippen molar-refractivity contribution in [3.63, 3.8) is 0 Å². The zero-order chi connectivity index (χ0) is 29.0. The number of aromatic nitrogens is 2. The molecule has 0 radical (unpaired) electrons. The standard InChI is InChI=1S/C34H34N4O2.CH4/c1-20-16-27(14-15-29(20)35-23(4)30-10-8-12-32(37-30)25(6)39)19-28-17-21(2)34(22(3)18-28)36-24(5)31-11-9-13-33(38-31)26(7)40;/h8-18H,19H2,1-7H3;1H4. The highest BCUT2D eigenvalue weighted by molar-refractivity contribution is 6.01. The van der Waals surface area contributed by atoms with Gasteiger partial charge in [0.25, 0.3) is 0 Å². The first-order valence-corrected chi connectivity index (χ1v) is 13.3. The quantitative estimate of drug-likeness (QED) is 0.164. The molecule has 41 heavy (non-hydrogen) atoms. The van der Waals surface area contributed by atoms with Gasteiger partial charge in [-0.3, -0.25) is 19.6 Å². The molecule has 4 rings (SSSR count). The van der Waals surface area contributed by atoms with Crippen LogP contribution in [0.1, 0.15) is 95.3 Å². The fourth-order valence-electron chi connectivity index (χ4n) is 4.64. The van der Waals surface area contributed by atoms with Gasteiger partial charge in [-0.2, -0.15) is 0 Å². The van der Waals surface area contributed by atoms with Gasteiger partial charge in [0.05, 0.1) is 34.2 Å². The maximum Gasteiger partial charge on any atom is 0.178 e. The van der Waals surface area contributed by atoms with Crippen molar-refractivity contribution in [1.82, 2.24) is 9.97 Å². The van der Waals surface area contributed by atoms with E-state index in [0.29, 0.717) is 22.8 Å². The molecule has 0 saturated carbocycles. The van der Waals surface area contributed by atoms with E-state index in [1.54, 1.807) is 12.1 Å². The van der Waals surface area contributed by atoms with Gasteiger partial charge in [0.1, 0.15) is 11.4 Å². The molecule has 0 aliphatic rings. The topological polar surface area (TPSA) is 84.6 Å². The Kier molecular flexibility index (Phi) is 9.95. The number of rotatable bonds is 8. The van der Waals surface area contributed by atoms with Crippen molar-refractivity contribution in [3.05, 3.63) is 117 Å². The maximum atomic E-state index is 11.7. The largest absolute Gasteiger partial charge is 0.293 e. The normalized spacial score (nSPS) is 11.7. The molecule has 2 aromatic heterocycles. The van der Waals surface area contributed by atoms with Gasteiger partial charge in [-0.1, -0.05) is 43.8 Å². The lowest BCUT2D eigenvalue weighted by atomic mass is 9.97. The molecule has 4 aromatic rings. The fourth-order valence-corrected chi connectivity index (χ4v) is 4.64. The molecule has 0 amide bonds. The van der Waals surface area contributed by atoms with Crippen LogP contribution in [0.2, 0.25) is 0 Å². The van der Waals surface area contributed by atoms with Crippen molar-refractivity contribution in [3.8, 4) is 0 Å². The fraction of sp³-hybridized carbons (Fsp3) is 0.257. The predicted molar refractivity (Wildman–Crippen MR) is 169 cm³/mol. The number of aryl methyl sites for hydroxylation is 3. The van der Waals surface area contributed by atoms with E-state index in [1.165, 1.54) is 25.0 Å². The molecule has 6 heteroatoms. The van der Waals surface area contributed by atoms with Gasteiger partial charge in [-0.05, 0) is 99.2 Å². The van der Waals surface area contributed by atoms with Crippen molar-refractivity contribution in [2.75, 3.05) is 0 Å². The highest BCUT2D eigenvalue weighted by atomic mass is 16.1. The molecule has 0 aliphatic carbocycles. The first-order valence-electron chi connectivity index (χ1n) is 13.3. The van der Waals surface area contributed by atoms with Gasteiger partial charge < -0.3 is 0 Å². The molecule has 0 spiro atoms. The molecular formula is C35H38N4O2. The molecule has 6 nitrogen and oxygen atoms in total. The lowest BCUT2D eigenvalue weighted by molar-refractivity contribution is 0.100. The van der Waals surface area contributed by atoms with Crippen LogP contribution in [-0.4, -0.2) is 33.0 Å². The van der Waals surface area contributed by atoms with E-state index < -0.39 is 0 Å². The first kappa shape index (κ1) is 31.0. The summed E-state index contributed by atoms with van der Waals surface area (Å²) in [4.78, 5) is 42.0. The summed E-state index contributed by atoms with van der Waals surface area (Å²) in [7, 11) is 0. The second-order valence-electron chi connectivity index (χ2n) is 10.2. The molecule has 0 N–H and O–H groups in total. The molecule has 0 aliphatic heterocycles. The number of nitrogens with zero attached hydrogens (tertiary/aromatic N) is 4. The van der Waals surface area contributed by atoms with Crippen LogP contribution < -0.4 is 0 Å². The monoisotopic (exact) mass is 546 g/mol. The highest BCUT2D eigenvalue weighted by Crippen LogP contribution is 2.28. The zero-order valence-electron chi connectivity index (χ0n) is 24.2. The van der Waals surface area contributed by atoms with Gasteiger partial charge in [0.15, 0.2) is 11.6 Å². The number of hydrogen-bond acceptors (Lipinski definition) is 6. The summed E-state index contributed by atoms with van der Waals surface area (Å²) in [5, 5.41) is 0. The second kappa shape index (κ2) is 13.2. The minimum Gasteiger partial charge on any atom is -0.293 e. The maximum absolute atomic E-state index is 11.7. The zero-order valence-corrected chi connectivity index (χ0v) is 24.2. The van der Waals surface area contributed by atoms with E-state index in [9.17, 15) is 9.59 Å². The number of benzene rings is 2. The van der Waals surface area contributed by atoms with Gasteiger partial charge in [0, 0.05) is 13.8 Å². The summed E-state index contributed by atoms with van der Waals surface area (Å²) in [6.45, 7) is 13.1. The molecule has 2 heterocycles. The van der Waals surface area contributed by atoms with Crippen LogP contribution in [0.25, 0.3) is 0 Å². The number of Topliss-reactive ketones (excluding diaryl/α,β-unsaturated/α-hetero) is 2. The highest BCUT2D eigenvalue weighted by Gasteiger charge is 2.10. The molecule has 0 saturated heterocycles. The van der Waals surface area contributed by atoms with Gasteiger partial charge in [-0.25, -0.2) is 9.97 Å². The van der Waals surface area contributed by atoms with Crippen LogP contribution in [-0.2, 0) is 6.42 Å². The van der Waals surface area contributed by atoms with Crippen molar-refractivity contribution >= 4 is 34.4 Å². The predicted octanol–water partition coefficient (Wildman–Crippen LogP) is 8.32. The summed E-state index contributed by atoms with van der Waals surface area (Å²) in [6, 6.07) is 21.5. The summed E-state index contributed by atoms with van der Waals surface area (Å²) in [6.07, 6.45) is 0.791. The second-order valence-corrected chi connectivity index (χ2v) is 10.2. The van der Waals surface area contributed by atoms with E-state index in [1.807, 2.05) is 44.2 Å². The Hall–Kier alpha value is -4.58. The Bertz CT molecular complexity index is 1660. The summed E-state index contributed by atoms with van der Waals surface area (Å²) >= 11 is 0. The third kappa shape index (κ3) is 7.54. The SMILES string of the molecule is C.CC(=O)c1cccc(C(C)=Nc2ccc(Cc3cc(C)c(N=C(C)c4cccc(C(C)=O)n4)c(C)c3)cc2C)n1. The van der Waals surface area contributed by atoms with Crippen LogP contribution >= 0.6 is 0 Å². The summed E-state index contributed by atoms with van der Waals surface area (Å²) in [5.41, 5.74) is 11.3. The van der Waals surface area contributed by atoms with Crippen molar-refractivity contribution in [2.45, 2.75) is 62.3 Å². The Morgan fingerprint density at radius 1 is 0.610 bits per heavy atom. The van der Waals surface area contributed by atoms with Gasteiger partial charge in [0.2, 0.25) is 0 Å². The van der Waals surface area contributed by atoms with E-state index in [4.69, 9.17) is 9.98 Å². The minimum atomic E-state index is -0.0629. The molecule has 210 valence electrons. The lowest BCUT2D eigenvalue weighted by Crippen LogP contribution is -2.04. The van der Waals surface area contributed by atoms with E-state index in [0.717, 1.165) is 45.9 Å². The van der Waals surface area contributed by atoms with Crippen LogP contribution in [0.3, 0.4) is 0 Å². The lowest BCUT2D eigenvalue weighted by Gasteiger charge is -2.12. The first-order chi connectivity index (χ1) is 19.0. The Labute approximate surface area is 243 Å². The number of hydrogen-bond donors (Lipinski definition) is 0. The number of carbonyl (C=O) groups is 2. The Morgan fingerprint density at radius 2 is 1.07 bits per heavy atom. The molecule has 2 aromatic carbocycles. The van der Waals surface area contributed by atoms with E-state index in [2.05, 4.69) is 55.0 Å². The summed E-state index contributed by atoms with van der Waals surface area (Å²) in [5.74, 6) is -0.125. The van der Waals surface area contributed by atoms with Gasteiger partial charge >= 0.3 is 0 Å². The molecule has 0 atom stereocenters. The minimum absolute atomic E-state index is 0. The third-order valence-corrected chi connectivity index (χ3v) is 6.75. The van der Waals surface area contributed by atoms with Crippen molar-refractivity contribution in [2.24, 2.45) is 9.98 Å². The van der Waals surface area contributed by atoms with E-state index >= 15 is 0 Å². The number of ketones is 2. The van der Waals surface area contributed by atoms with Crippen molar-refractivity contribution in [1.29, 1.82) is 0 Å². The van der Waals surface area contributed by atoms with Crippen molar-refractivity contribution < 1.29 is 9.59 Å². The third-order valence-electron chi connectivity index (χ3n) is 6.75. The van der Waals surface area contributed by atoms with Crippen LogP contribution in [0.4, 0.5) is 11.4 Å². The average molecular weight is 547 g/mol. The molecule has 0 fully saturated rings. The molecular weight excluding hydrogens is 508 g/mol. The van der Waals surface area contributed by atoms with Gasteiger partial charge in [-0.15, -0.1) is 0 Å². The molecule has 0 unspecified atom stereocenters. The number of aliphatic imine (C=N–C) groups is 2. The Balaban J connectivity index is 0.00000462. The average Bonchev–Trinajstić information content (AvgIpc) is 2.92. The number of pyridine rings is 2. The van der Waals surface area contributed by atoms with E-state index in [-0.39, 0.29) is 19.0 Å². The Morgan fingerprint density at radius 3 is 1.56 bits per heavy atom. The summed E-state index contributed by atoms with van der Waals surface area (Å²) < 4.78 is 0. The van der Waals surface area contributed by atoms with Crippen LogP contribution in [0, 0.1) is 20.8 Å². The number of carbonyl (C=O) groups excluding carboxylic acids is 2. The smallest absolute Gasteiger partial charge is 0.178 e. The van der Waals surface area contributed by atoms with Crippen LogP contribution in [0.5, 0.6) is 0 Å². The van der Waals surface area contributed by atoms with Crippen LogP contribution in [0.15, 0.2) is 76.7 Å².